The second-order valence-corrected chi connectivity index (χ2v) is 5.37. The van der Waals surface area contributed by atoms with Crippen molar-refractivity contribution in [3.63, 3.8) is 0 Å². The summed E-state index contributed by atoms with van der Waals surface area (Å²) in [6, 6.07) is 9.70. The van der Waals surface area contributed by atoms with Crippen molar-refractivity contribution in [1.29, 1.82) is 0 Å². The lowest BCUT2D eigenvalue weighted by Crippen LogP contribution is -1.93. The molecule has 21 heavy (non-hydrogen) atoms. The van der Waals surface area contributed by atoms with Crippen LogP contribution in [0, 0.1) is 3.57 Å². The Morgan fingerprint density at radius 1 is 1.10 bits per heavy atom. The van der Waals surface area contributed by atoms with Crippen LogP contribution in [0.15, 0.2) is 64.8 Å². The van der Waals surface area contributed by atoms with Crippen LogP contribution in [-0.2, 0) is 0 Å². The summed E-state index contributed by atoms with van der Waals surface area (Å²) in [5.41, 5.74) is 5.90. The topological polar surface area (TPSA) is 63.3 Å². The quantitative estimate of drug-likeness (QED) is 0.418. The minimum Gasteiger partial charge on any atom is -0.444 e. The highest BCUT2D eigenvalue weighted by molar-refractivity contribution is 14.1. The van der Waals surface area contributed by atoms with Crippen molar-refractivity contribution in [2.45, 2.75) is 0 Å². The summed E-state index contributed by atoms with van der Waals surface area (Å²) in [5.74, 6) is 0.747. The molecule has 0 spiro atoms. The first kappa shape index (κ1) is 13.7. The SMILES string of the molecule is Ic1cnccc1/C=N/Nc1ccc(-c2cnco2)cc1. The molecular formula is C15H11IN4O. The maximum Gasteiger partial charge on any atom is 0.181 e. The number of aromatic nitrogens is 2. The predicted octanol–water partition coefficient (Wildman–Crippen LogP) is 3.79. The Hall–Kier alpha value is -2.22. The molecule has 0 aliphatic rings. The first-order chi connectivity index (χ1) is 10.3. The van der Waals surface area contributed by atoms with E-state index in [0.29, 0.717) is 0 Å². The van der Waals surface area contributed by atoms with Gasteiger partial charge in [-0.2, -0.15) is 5.10 Å². The predicted molar refractivity (Wildman–Crippen MR) is 90.1 cm³/mol. The molecule has 5 nitrogen and oxygen atoms in total. The molecular weight excluding hydrogens is 379 g/mol. The molecule has 1 N–H and O–H groups in total. The molecule has 0 atom stereocenters. The number of halogens is 1. The normalized spacial score (nSPS) is 10.9. The Labute approximate surface area is 135 Å². The Balaban J connectivity index is 1.67. The lowest BCUT2D eigenvalue weighted by Gasteiger charge is -2.02. The molecule has 0 saturated heterocycles. The van der Waals surface area contributed by atoms with Gasteiger partial charge in [-0.1, -0.05) is 0 Å². The summed E-state index contributed by atoms with van der Waals surface area (Å²) in [4.78, 5) is 7.94. The van der Waals surface area contributed by atoms with Crippen molar-refractivity contribution in [1.82, 2.24) is 9.97 Å². The lowest BCUT2D eigenvalue weighted by atomic mass is 10.2. The number of rotatable bonds is 4. The van der Waals surface area contributed by atoms with Crippen molar-refractivity contribution in [2.24, 2.45) is 5.10 Å². The Morgan fingerprint density at radius 3 is 2.67 bits per heavy atom. The zero-order valence-corrected chi connectivity index (χ0v) is 13.1. The molecule has 0 unspecified atom stereocenters. The highest BCUT2D eigenvalue weighted by Gasteiger charge is 2.00. The van der Waals surface area contributed by atoms with Gasteiger partial charge < -0.3 is 4.42 Å². The minimum absolute atomic E-state index is 0.747. The van der Waals surface area contributed by atoms with Gasteiger partial charge in [-0.3, -0.25) is 10.4 Å². The zero-order chi connectivity index (χ0) is 14.5. The first-order valence-electron chi connectivity index (χ1n) is 6.20. The third kappa shape index (κ3) is 3.46. The van der Waals surface area contributed by atoms with E-state index in [0.717, 1.165) is 26.1 Å². The van der Waals surface area contributed by atoms with Crippen LogP contribution in [0.3, 0.4) is 0 Å². The average Bonchev–Trinajstić information content (AvgIpc) is 3.04. The average molecular weight is 390 g/mol. The van der Waals surface area contributed by atoms with Crippen LogP contribution in [0.5, 0.6) is 0 Å². The molecule has 0 saturated carbocycles. The second-order valence-electron chi connectivity index (χ2n) is 4.21. The van der Waals surface area contributed by atoms with E-state index < -0.39 is 0 Å². The number of benzene rings is 1. The number of nitrogens with one attached hydrogen (secondary N) is 1. The molecule has 2 aromatic heterocycles. The van der Waals surface area contributed by atoms with Crippen LogP contribution >= 0.6 is 22.6 Å². The third-order valence-corrected chi connectivity index (χ3v) is 3.70. The largest absolute Gasteiger partial charge is 0.444 e. The molecule has 3 rings (SSSR count). The fourth-order valence-electron chi connectivity index (χ4n) is 1.73. The fraction of sp³-hybridized carbons (Fsp3) is 0. The number of anilines is 1. The maximum absolute atomic E-state index is 5.24. The van der Waals surface area contributed by atoms with E-state index in [2.05, 4.69) is 43.1 Å². The van der Waals surface area contributed by atoms with Crippen molar-refractivity contribution in [2.75, 3.05) is 5.43 Å². The molecule has 6 heteroatoms. The number of hydrazone groups is 1. The van der Waals surface area contributed by atoms with E-state index in [-0.39, 0.29) is 0 Å². The van der Waals surface area contributed by atoms with Crippen LogP contribution in [-0.4, -0.2) is 16.2 Å². The van der Waals surface area contributed by atoms with Crippen LogP contribution < -0.4 is 5.43 Å². The monoisotopic (exact) mass is 390 g/mol. The standard InChI is InChI=1S/C15H11IN4O/c16-14-8-17-6-5-12(14)7-19-20-13-3-1-11(2-4-13)15-9-18-10-21-15/h1-10,20H/b19-7+. The summed E-state index contributed by atoms with van der Waals surface area (Å²) >= 11 is 2.23. The van der Waals surface area contributed by atoms with Gasteiger partial charge in [0.05, 0.1) is 18.1 Å². The first-order valence-corrected chi connectivity index (χ1v) is 7.28. The van der Waals surface area contributed by atoms with Gasteiger partial charge in [-0.05, 0) is 52.9 Å². The molecule has 0 fully saturated rings. The summed E-state index contributed by atoms with van der Waals surface area (Å²) in [5, 5.41) is 4.22. The summed E-state index contributed by atoms with van der Waals surface area (Å²) in [6.07, 6.45) is 8.42. The Kier molecular flexibility index (Phi) is 4.25. The van der Waals surface area contributed by atoms with E-state index in [9.17, 15) is 0 Å². The summed E-state index contributed by atoms with van der Waals surface area (Å²) < 4.78 is 6.30. The Bertz CT molecular complexity index is 739. The molecule has 2 heterocycles. The highest BCUT2D eigenvalue weighted by Crippen LogP contribution is 2.20. The number of oxazole rings is 1. The van der Waals surface area contributed by atoms with E-state index in [1.165, 1.54) is 6.39 Å². The van der Waals surface area contributed by atoms with Crippen molar-refractivity contribution in [3.05, 3.63) is 64.4 Å². The summed E-state index contributed by atoms with van der Waals surface area (Å²) in [7, 11) is 0. The molecule has 104 valence electrons. The number of hydrogen-bond donors (Lipinski definition) is 1. The second kappa shape index (κ2) is 6.49. The molecule has 0 amide bonds. The Morgan fingerprint density at radius 2 is 1.95 bits per heavy atom. The van der Waals surface area contributed by atoms with E-state index in [4.69, 9.17) is 4.42 Å². The van der Waals surface area contributed by atoms with E-state index >= 15 is 0 Å². The van der Waals surface area contributed by atoms with Gasteiger partial charge in [0, 0.05) is 27.1 Å². The molecule has 3 aromatic rings. The zero-order valence-electron chi connectivity index (χ0n) is 10.9. The van der Waals surface area contributed by atoms with Gasteiger partial charge >= 0.3 is 0 Å². The highest BCUT2D eigenvalue weighted by atomic mass is 127. The van der Waals surface area contributed by atoms with Crippen LogP contribution in [0.1, 0.15) is 5.56 Å². The smallest absolute Gasteiger partial charge is 0.181 e. The van der Waals surface area contributed by atoms with Crippen molar-refractivity contribution >= 4 is 34.5 Å². The lowest BCUT2D eigenvalue weighted by molar-refractivity contribution is 0.572. The van der Waals surface area contributed by atoms with Gasteiger partial charge in [-0.25, -0.2) is 4.98 Å². The molecule has 0 aliphatic carbocycles. The molecule has 0 aliphatic heterocycles. The third-order valence-electron chi connectivity index (χ3n) is 2.80. The van der Waals surface area contributed by atoms with Gasteiger partial charge in [0.15, 0.2) is 12.2 Å². The maximum atomic E-state index is 5.24. The summed E-state index contributed by atoms with van der Waals surface area (Å²) in [6.45, 7) is 0. The van der Waals surface area contributed by atoms with Crippen LogP contribution in [0.2, 0.25) is 0 Å². The van der Waals surface area contributed by atoms with Crippen molar-refractivity contribution in [3.8, 4) is 11.3 Å². The minimum atomic E-state index is 0.747. The van der Waals surface area contributed by atoms with Crippen LogP contribution in [0.4, 0.5) is 5.69 Å². The van der Waals surface area contributed by atoms with E-state index in [1.807, 2.05) is 30.3 Å². The number of pyridine rings is 1. The van der Waals surface area contributed by atoms with Gasteiger partial charge in [-0.15, -0.1) is 0 Å². The molecule has 0 radical (unpaired) electrons. The molecule has 1 aromatic carbocycles. The number of nitrogens with zero attached hydrogens (tertiary/aromatic N) is 3. The van der Waals surface area contributed by atoms with Gasteiger partial charge in [0.1, 0.15) is 0 Å². The van der Waals surface area contributed by atoms with Crippen molar-refractivity contribution < 1.29 is 4.42 Å². The van der Waals surface area contributed by atoms with Crippen LogP contribution in [0.25, 0.3) is 11.3 Å². The van der Waals surface area contributed by atoms with Gasteiger partial charge in [0.25, 0.3) is 0 Å². The van der Waals surface area contributed by atoms with E-state index in [1.54, 1.807) is 24.8 Å². The number of hydrogen-bond acceptors (Lipinski definition) is 5. The van der Waals surface area contributed by atoms with Gasteiger partial charge in [0.2, 0.25) is 0 Å². The molecule has 0 bridgehead atoms. The fourth-order valence-corrected chi connectivity index (χ4v) is 2.21.